The van der Waals surface area contributed by atoms with Crippen molar-refractivity contribution in [2.45, 2.75) is 6.42 Å². The number of para-hydroxylation sites is 1. The van der Waals surface area contributed by atoms with Crippen molar-refractivity contribution in [1.29, 1.82) is 0 Å². The Labute approximate surface area is 146 Å². The molecule has 2 aromatic carbocycles. The molecule has 24 heavy (non-hydrogen) atoms. The molecule has 0 atom stereocenters. The third kappa shape index (κ3) is 3.72. The number of anilines is 1. The van der Waals surface area contributed by atoms with E-state index >= 15 is 0 Å². The van der Waals surface area contributed by atoms with E-state index in [0.717, 1.165) is 0 Å². The summed E-state index contributed by atoms with van der Waals surface area (Å²) in [5.41, 5.74) is 0.674. The standard InChI is InChI=1S/C16H10Cl2FN3O2/c17-10-6-5-9(7-11(10)18)16-21-14(22-24-16)8-15(23)20-13-4-2-1-3-12(13)19/h1-7H,8H2,(H,20,23). The average Bonchev–Trinajstić information content (AvgIpc) is 3.00. The summed E-state index contributed by atoms with van der Waals surface area (Å²) < 4.78 is 18.6. The second kappa shape index (κ2) is 6.98. The fourth-order valence-corrected chi connectivity index (χ4v) is 2.27. The normalized spacial score (nSPS) is 10.6. The predicted molar refractivity (Wildman–Crippen MR) is 88.5 cm³/mol. The highest BCUT2D eigenvalue weighted by atomic mass is 35.5. The predicted octanol–water partition coefficient (Wildman–Crippen LogP) is 4.36. The van der Waals surface area contributed by atoms with Gasteiger partial charge in [-0.1, -0.05) is 40.5 Å². The highest BCUT2D eigenvalue weighted by Gasteiger charge is 2.14. The summed E-state index contributed by atoms with van der Waals surface area (Å²) in [7, 11) is 0. The number of benzene rings is 2. The number of nitrogens with one attached hydrogen (secondary N) is 1. The van der Waals surface area contributed by atoms with Crippen molar-refractivity contribution in [3.05, 3.63) is 64.2 Å². The molecular formula is C16H10Cl2FN3O2. The quantitative estimate of drug-likeness (QED) is 0.745. The van der Waals surface area contributed by atoms with E-state index in [1.807, 2.05) is 0 Å². The first kappa shape index (κ1) is 16.4. The summed E-state index contributed by atoms with van der Waals surface area (Å²) in [6.07, 6.45) is -0.154. The number of halogens is 3. The fourth-order valence-electron chi connectivity index (χ4n) is 1.97. The van der Waals surface area contributed by atoms with E-state index in [9.17, 15) is 9.18 Å². The second-order valence-electron chi connectivity index (χ2n) is 4.85. The highest BCUT2D eigenvalue weighted by molar-refractivity contribution is 6.42. The van der Waals surface area contributed by atoms with Gasteiger partial charge in [-0.15, -0.1) is 0 Å². The summed E-state index contributed by atoms with van der Waals surface area (Å²) in [5.74, 6) is -0.593. The molecule has 0 saturated carbocycles. The smallest absolute Gasteiger partial charge is 0.257 e. The summed E-state index contributed by atoms with van der Waals surface area (Å²) in [6.45, 7) is 0. The Kier molecular flexibility index (Phi) is 4.78. The minimum absolute atomic E-state index is 0.0932. The molecule has 1 amide bonds. The van der Waals surface area contributed by atoms with Gasteiger partial charge in [-0.25, -0.2) is 4.39 Å². The van der Waals surface area contributed by atoms with Crippen LogP contribution in [-0.2, 0) is 11.2 Å². The highest BCUT2D eigenvalue weighted by Crippen LogP contribution is 2.27. The molecule has 0 aliphatic heterocycles. The lowest BCUT2D eigenvalue weighted by molar-refractivity contribution is -0.115. The van der Waals surface area contributed by atoms with Gasteiger partial charge in [0.2, 0.25) is 5.91 Å². The number of carbonyl (C=O) groups excluding carboxylic acids is 1. The summed E-state index contributed by atoms with van der Waals surface area (Å²) in [6, 6.07) is 10.7. The maximum atomic E-state index is 13.5. The Morgan fingerprint density at radius 2 is 1.96 bits per heavy atom. The Bertz CT molecular complexity index is 899. The van der Waals surface area contributed by atoms with Crippen molar-refractivity contribution in [3.63, 3.8) is 0 Å². The molecule has 1 aromatic heterocycles. The van der Waals surface area contributed by atoms with Crippen LogP contribution >= 0.6 is 23.2 Å². The third-order valence-electron chi connectivity index (χ3n) is 3.10. The van der Waals surface area contributed by atoms with E-state index in [1.54, 1.807) is 24.3 Å². The van der Waals surface area contributed by atoms with E-state index in [2.05, 4.69) is 15.5 Å². The first-order valence-corrected chi connectivity index (χ1v) is 7.61. The van der Waals surface area contributed by atoms with E-state index in [4.69, 9.17) is 27.7 Å². The van der Waals surface area contributed by atoms with Crippen molar-refractivity contribution in [3.8, 4) is 11.5 Å². The van der Waals surface area contributed by atoms with Gasteiger partial charge < -0.3 is 9.84 Å². The number of hydrogen-bond acceptors (Lipinski definition) is 4. The number of nitrogens with zero attached hydrogens (tertiary/aromatic N) is 2. The lowest BCUT2D eigenvalue weighted by atomic mass is 10.2. The van der Waals surface area contributed by atoms with Crippen LogP contribution in [-0.4, -0.2) is 16.0 Å². The maximum absolute atomic E-state index is 13.5. The first-order chi connectivity index (χ1) is 11.5. The van der Waals surface area contributed by atoms with Crippen molar-refractivity contribution in [2.24, 2.45) is 0 Å². The number of carbonyl (C=O) groups is 1. The van der Waals surface area contributed by atoms with Gasteiger partial charge in [0, 0.05) is 5.56 Å². The van der Waals surface area contributed by atoms with Gasteiger partial charge in [-0.2, -0.15) is 4.98 Å². The van der Waals surface area contributed by atoms with E-state index in [-0.39, 0.29) is 23.8 Å². The minimum atomic E-state index is -0.518. The molecular weight excluding hydrogens is 356 g/mol. The molecule has 0 saturated heterocycles. The van der Waals surface area contributed by atoms with Crippen LogP contribution in [0.2, 0.25) is 10.0 Å². The molecule has 1 heterocycles. The van der Waals surface area contributed by atoms with E-state index in [1.165, 1.54) is 18.2 Å². The zero-order valence-electron chi connectivity index (χ0n) is 12.1. The molecule has 3 aromatic rings. The number of rotatable bonds is 4. The Balaban J connectivity index is 1.70. The average molecular weight is 366 g/mol. The van der Waals surface area contributed by atoms with Crippen LogP contribution in [0.25, 0.3) is 11.5 Å². The van der Waals surface area contributed by atoms with Gasteiger partial charge in [-0.3, -0.25) is 4.79 Å². The third-order valence-corrected chi connectivity index (χ3v) is 3.84. The molecule has 0 aliphatic carbocycles. The summed E-state index contributed by atoms with van der Waals surface area (Å²) >= 11 is 11.8. The topological polar surface area (TPSA) is 68.0 Å². The molecule has 3 rings (SSSR count). The van der Waals surface area contributed by atoms with Crippen LogP contribution in [0.15, 0.2) is 47.0 Å². The first-order valence-electron chi connectivity index (χ1n) is 6.85. The van der Waals surface area contributed by atoms with Crippen molar-refractivity contribution < 1.29 is 13.7 Å². The Hall–Kier alpha value is -2.44. The van der Waals surface area contributed by atoms with Crippen molar-refractivity contribution >= 4 is 34.8 Å². The zero-order chi connectivity index (χ0) is 17.1. The van der Waals surface area contributed by atoms with Crippen LogP contribution < -0.4 is 5.32 Å². The van der Waals surface area contributed by atoms with Gasteiger partial charge >= 0.3 is 0 Å². The van der Waals surface area contributed by atoms with E-state index < -0.39 is 11.7 Å². The number of amides is 1. The van der Waals surface area contributed by atoms with E-state index in [0.29, 0.717) is 15.6 Å². The molecule has 1 N–H and O–H groups in total. The van der Waals surface area contributed by atoms with Crippen LogP contribution in [0, 0.1) is 5.82 Å². The summed E-state index contributed by atoms with van der Waals surface area (Å²) in [4.78, 5) is 16.1. The van der Waals surface area contributed by atoms with Crippen LogP contribution in [0.1, 0.15) is 5.82 Å². The van der Waals surface area contributed by atoms with Gasteiger partial charge in [0.25, 0.3) is 5.89 Å². The molecule has 0 unspecified atom stereocenters. The number of hydrogen-bond donors (Lipinski definition) is 1. The monoisotopic (exact) mass is 365 g/mol. The van der Waals surface area contributed by atoms with Crippen molar-refractivity contribution in [2.75, 3.05) is 5.32 Å². The Morgan fingerprint density at radius 3 is 2.71 bits per heavy atom. The molecule has 0 bridgehead atoms. The summed E-state index contributed by atoms with van der Waals surface area (Å²) in [5, 5.41) is 6.94. The SMILES string of the molecule is O=C(Cc1noc(-c2ccc(Cl)c(Cl)c2)n1)Nc1ccccc1F. The van der Waals surface area contributed by atoms with Gasteiger partial charge in [-0.05, 0) is 30.3 Å². The molecule has 8 heteroatoms. The van der Waals surface area contributed by atoms with Gasteiger partial charge in [0.15, 0.2) is 5.82 Å². The lowest BCUT2D eigenvalue weighted by Gasteiger charge is -2.03. The maximum Gasteiger partial charge on any atom is 0.257 e. The molecule has 0 spiro atoms. The van der Waals surface area contributed by atoms with Crippen molar-refractivity contribution in [1.82, 2.24) is 10.1 Å². The van der Waals surface area contributed by atoms with Crippen LogP contribution in [0.4, 0.5) is 10.1 Å². The Morgan fingerprint density at radius 1 is 1.17 bits per heavy atom. The lowest BCUT2D eigenvalue weighted by Crippen LogP contribution is -2.16. The largest absolute Gasteiger partial charge is 0.334 e. The molecule has 0 aliphatic rings. The van der Waals surface area contributed by atoms with Crippen LogP contribution in [0.3, 0.4) is 0 Å². The number of aromatic nitrogens is 2. The molecule has 0 radical (unpaired) electrons. The fraction of sp³-hybridized carbons (Fsp3) is 0.0625. The van der Waals surface area contributed by atoms with Gasteiger partial charge in [0.1, 0.15) is 5.82 Å². The molecule has 122 valence electrons. The van der Waals surface area contributed by atoms with Crippen LogP contribution in [0.5, 0.6) is 0 Å². The zero-order valence-corrected chi connectivity index (χ0v) is 13.6. The minimum Gasteiger partial charge on any atom is -0.334 e. The van der Waals surface area contributed by atoms with Gasteiger partial charge in [0.05, 0.1) is 22.2 Å². The molecule has 0 fully saturated rings. The second-order valence-corrected chi connectivity index (χ2v) is 5.66. The molecule has 5 nitrogen and oxygen atoms in total.